The Balaban J connectivity index is 1.69. The fourth-order valence-electron chi connectivity index (χ4n) is 3.33. The van der Waals surface area contributed by atoms with Crippen molar-refractivity contribution in [3.63, 3.8) is 0 Å². The van der Waals surface area contributed by atoms with Gasteiger partial charge >= 0.3 is 5.97 Å². The fourth-order valence-corrected chi connectivity index (χ4v) is 3.33. The molecule has 5 nitrogen and oxygen atoms in total. The third kappa shape index (κ3) is 5.65. The van der Waals surface area contributed by atoms with Crippen molar-refractivity contribution in [3.8, 4) is 0 Å². The Hall–Kier alpha value is -1.10. The molecule has 1 amide bonds. The number of carbonyl (C=O) groups is 2. The van der Waals surface area contributed by atoms with Gasteiger partial charge in [-0.05, 0) is 50.9 Å². The van der Waals surface area contributed by atoms with Crippen LogP contribution in [0.3, 0.4) is 0 Å². The van der Waals surface area contributed by atoms with Crippen LogP contribution in [0.15, 0.2) is 0 Å². The standard InChI is InChI=1S/C16H27NO4/c18-15(8-7-14-5-1-2-11-21-14)17-10-3-4-13(12-17)6-9-16(19)20/h13-14H,1-12H2,(H,19,20)/t13-,14-/m1/s1. The second-order valence-electron chi connectivity index (χ2n) is 6.31. The molecule has 2 rings (SSSR count). The highest BCUT2D eigenvalue weighted by molar-refractivity contribution is 5.76. The number of rotatable bonds is 6. The lowest BCUT2D eigenvalue weighted by Crippen LogP contribution is -2.40. The van der Waals surface area contributed by atoms with E-state index in [4.69, 9.17) is 9.84 Å². The van der Waals surface area contributed by atoms with Crippen LogP contribution in [0.5, 0.6) is 0 Å². The minimum atomic E-state index is -0.743. The van der Waals surface area contributed by atoms with Crippen molar-refractivity contribution in [1.29, 1.82) is 0 Å². The predicted octanol–water partition coefficient (Wildman–Crippen LogP) is 2.44. The molecule has 0 bridgehead atoms. The number of likely N-dealkylation sites (tertiary alicyclic amines) is 1. The van der Waals surface area contributed by atoms with Gasteiger partial charge in [-0.15, -0.1) is 0 Å². The van der Waals surface area contributed by atoms with E-state index in [-0.39, 0.29) is 18.4 Å². The summed E-state index contributed by atoms with van der Waals surface area (Å²) in [4.78, 5) is 24.8. The van der Waals surface area contributed by atoms with E-state index in [1.165, 1.54) is 6.42 Å². The molecule has 120 valence electrons. The van der Waals surface area contributed by atoms with Gasteiger partial charge in [-0.25, -0.2) is 0 Å². The molecule has 0 aromatic carbocycles. The maximum Gasteiger partial charge on any atom is 0.303 e. The first-order chi connectivity index (χ1) is 10.1. The summed E-state index contributed by atoms with van der Waals surface area (Å²) in [5.41, 5.74) is 0. The van der Waals surface area contributed by atoms with Crippen molar-refractivity contribution in [2.75, 3.05) is 19.7 Å². The fraction of sp³-hybridized carbons (Fsp3) is 0.875. The third-order valence-electron chi connectivity index (χ3n) is 4.59. The number of nitrogens with zero attached hydrogens (tertiary/aromatic N) is 1. The summed E-state index contributed by atoms with van der Waals surface area (Å²) < 4.78 is 5.67. The summed E-state index contributed by atoms with van der Waals surface area (Å²) in [5.74, 6) is -0.179. The molecule has 2 heterocycles. The van der Waals surface area contributed by atoms with Gasteiger partial charge in [0.1, 0.15) is 0 Å². The van der Waals surface area contributed by atoms with E-state index in [0.717, 1.165) is 51.8 Å². The average Bonchev–Trinajstić information content (AvgIpc) is 2.52. The molecule has 0 aliphatic carbocycles. The lowest BCUT2D eigenvalue weighted by molar-refractivity contribution is -0.137. The Bertz CT molecular complexity index is 352. The molecule has 0 saturated carbocycles. The Morgan fingerprint density at radius 3 is 2.67 bits per heavy atom. The number of piperidine rings is 1. The first-order valence-electron chi connectivity index (χ1n) is 8.26. The summed E-state index contributed by atoms with van der Waals surface area (Å²) >= 11 is 0. The van der Waals surface area contributed by atoms with Crippen LogP contribution in [0.4, 0.5) is 0 Å². The van der Waals surface area contributed by atoms with Crippen molar-refractivity contribution >= 4 is 11.9 Å². The zero-order valence-electron chi connectivity index (χ0n) is 12.8. The van der Waals surface area contributed by atoms with Crippen molar-refractivity contribution in [1.82, 2.24) is 4.90 Å². The molecule has 0 unspecified atom stereocenters. The minimum absolute atomic E-state index is 0.211. The van der Waals surface area contributed by atoms with Crippen molar-refractivity contribution < 1.29 is 19.4 Å². The largest absolute Gasteiger partial charge is 0.481 e. The van der Waals surface area contributed by atoms with E-state index >= 15 is 0 Å². The van der Waals surface area contributed by atoms with E-state index in [9.17, 15) is 9.59 Å². The van der Waals surface area contributed by atoms with Gasteiger partial charge in [0.2, 0.25) is 5.91 Å². The number of hydrogen-bond acceptors (Lipinski definition) is 3. The van der Waals surface area contributed by atoms with E-state index < -0.39 is 5.97 Å². The molecule has 21 heavy (non-hydrogen) atoms. The number of aliphatic carboxylic acids is 1. The van der Waals surface area contributed by atoms with Crippen LogP contribution in [0.25, 0.3) is 0 Å². The second-order valence-corrected chi connectivity index (χ2v) is 6.31. The van der Waals surface area contributed by atoms with Crippen LogP contribution in [0.1, 0.15) is 57.8 Å². The average molecular weight is 297 g/mol. The molecule has 2 atom stereocenters. The van der Waals surface area contributed by atoms with E-state index in [1.807, 2.05) is 4.90 Å². The quantitative estimate of drug-likeness (QED) is 0.817. The number of carbonyl (C=O) groups excluding carboxylic acids is 1. The molecule has 2 saturated heterocycles. The van der Waals surface area contributed by atoms with Crippen LogP contribution in [0, 0.1) is 5.92 Å². The molecule has 0 radical (unpaired) electrons. The van der Waals surface area contributed by atoms with E-state index in [1.54, 1.807) is 0 Å². The molecule has 2 aliphatic heterocycles. The molecule has 0 aromatic rings. The van der Waals surface area contributed by atoms with Crippen LogP contribution in [-0.2, 0) is 14.3 Å². The second kappa shape index (κ2) is 8.37. The first-order valence-corrected chi connectivity index (χ1v) is 8.26. The van der Waals surface area contributed by atoms with Crippen LogP contribution >= 0.6 is 0 Å². The summed E-state index contributed by atoms with van der Waals surface area (Å²) in [6.07, 6.45) is 8.02. The van der Waals surface area contributed by atoms with Gasteiger partial charge in [0, 0.05) is 32.5 Å². The Morgan fingerprint density at radius 1 is 1.10 bits per heavy atom. The molecule has 0 spiro atoms. The number of carboxylic acid groups (broad SMARTS) is 1. The first kappa shape index (κ1) is 16.3. The van der Waals surface area contributed by atoms with Gasteiger partial charge in [-0.3, -0.25) is 9.59 Å². The molecule has 1 N–H and O–H groups in total. The van der Waals surface area contributed by atoms with Gasteiger partial charge in [0.15, 0.2) is 0 Å². The highest BCUT2D eigenvalue weighted by Gasteiger charge is 2.24. The maximum atomic E-state index is 12.3. The summed E-state index contributed by atoms with van der Waals surface area (Å²) in [7, 11) is 0. The normalized spacial score (nSPS) is 26.6. The van der Waals surface area contributed by atoms with Gasteiger partial charge in [0.25, 0.3) is 0 Å². The monoisotopic (exact) mass is 297 g/mol. The zero-order chi connectivity index (χ0) is 15.1. The summed E-state index contributed by atoms with van der Waals surface area (Å²) in [6.45, 7) is 2.39. The SMILES string of the molecule is O=C(O)CC[C@H]1CCCN(C(=O)CC[C@H]2CCCCO2)C1. The van der Waals surface area contributed by atoms with Gasteiger partial charge < -0.3 is 14.7 Å². The van der Waals surface area contributed by atoms with Crippen LogP contribution in [0.2, 0.25) is 0 Å². The Morgan fingerprint density at radius 2 is 1.95 bits per heavy atom. The van der Waals surface area contributed by atoms with Crippen molar-refractivity contribution in [3.05, 3.63) is 0 Å². The zero-order valence-corrected chi connectivity index (χ0v) is 12.8. The molecule has 2 aliphatic rings. The van der Waals surface area contributed by atoms with E-state index in [2.05, 4.69) is 0 Å². The van der Waals surface area contributed by atoms with Crippen LogP contribution in [-0.4, -0.2) is 47.7 Å². The lowest BCUT2D eigenvalue weighted by atomic mass is 9.93. The highest BCUT2D eigenvalue weighted by Crippen LogP contribution is 2.23. The number of amides is 1. The van der Waals surface area contributed by atoms with Gasteiger partial charge in [-0.2, -0.15) is 0 Å². The number of carboxylic acids is 1. The predicted molar refractivity (Wildman–Crippen MR) is 79.0 cm³/mol. The number of hydrogen-bond donors (Lipinski definition) is 1. The Labute approximate surface area is 126 Å². The smallest absolute Gasteiger partial charge is 0.303 e. The van der Waals surface area contributed by atoms with Crippen molar-refractivity contribution in [2.45, 2.75) is 63.9 Å². The van der Waals surface area contributed by atoms with Crippen LogP contribution < -0.4 is 0 Å². The molecular formula is C16H27NO4. The summed E-state index contributed by atoms with van der Waals surface area (Å²) in [5, 5.41) is 8.75. The minimum Gasteiger partial charge on any atom is -0.481 e. The topological polar surface area (TPSA) is 66.8 Å². The lowest BCUT2D eigenvalue weighted by Gasteiger charge is -2.33. The third-order valence-corrected chi connectivity index (χ3v) is 4.59. The molecule has 2 fully saturated rings. The van der Waals surface area contributed by atoms with Crippen molar-refractivity contribution in [2.24, 2.45) is 5.92 Å². The number of ether oxygens (including phenoxy) is 1. The molecular weight excluding hydrogens is 270 g/mol. The molecule has 5 heteroatoms. The van der Waals surface area contributed by atoms with Gasteiger partial charge in [0.05, 0.1) is 6.10 Å². The highest BCUT2D eigenvalue weighted by atomic mass is 16.5. The Kier molecular flexibility index (Phi) is 6.49. The molecule has 0 aromatic heterocycles. The summed E-state index contributed by atoms with van der Waals surface area (Å²) in [6, 6.07) is 0. The van der Waals surface area contributed by atoms with Gasteiger partial charge in [-0.1, -0.05) is 0 Å². The maximum absolute atomic E-state index is 12.3. The van der Waals surface area contributed by atoms with E-state index in [0.29, 0.717) is 18.8 Å².